The summed E-state index contributed by atoms with van der Waals surface area (Å²) in [5.41, 5.74) is 1.72. The van der Waals surface area contributed by atoms with E-state index < -0.39 is 17.7 Å². The van der Waals surface area contributed by atoms with Crippen molar-refractivity contribution in [3.63, 3.8) is 0 Å². The lowest BCUT2D eigenvalue weighted by atomic mass is 9.85. The fourth-order valence-electron chi connectivity index (χ4n) is 4.47. The van der Waals surface area contributed by atoms with Gasteiger partial charge in [-0.25, -0.2) is 0 Å². The first-order chi connectivity index (χ1) is 17.3. The minimum atomic E-state index is -4.54. The van der Waals surface area contributed by atoms with E-state index in [1.54, 1.807) is 32.5 Å². The van der Waals surface area contributed by atoms with Crippen LogP contribution in [0.2, 0.25) is 0 Å². The number of H-pyrrole nitrogens is 1. The van der Waals surface area contributed by atoms with Crippen LogP contribution < -0.4 is 14.8 Å². The number of amides is 1. The number of alkyl halides is 3. The molecule has 1 heterocycles. The third-order valence-corrected chi connectivity index (χ3v) is 6.21. The first-order valence-electron chi connectivity index (χ1n) is 11.5. The van der Waals surface area contributed by atoms with Gasteiger partial charge in [0.05, 0.1) is 19.8 Å². The number of carbonyl (C=O) groups is 1. The molecule has 0 bridgehead atoms. The number of hydrogen-bond acceptors (Lipinski definition) is 3. The van der Waals surface area contributed by atoms with Gasteiger partial charge in [0, 0.05) is 36.0 Å². The molecule has 0 spiro atoms. The lowest BCUT2D eigenvalue weighted by molar-refractivity contribution is -0.138. The van der Waals surface area contributed by atoms with Crippen LogP contribution in [0.4, 0.5) is 13.2 Å². The van der Waals surface area contributed by atoms with E-state index in [2.05, 4.69) is 10.3 Å². The predicted octanol–water partition coefficient (Wildman–Crippen LogP) is 6.08. The highest BCUT2D eigenvalue weighted by molar-refractivity contribution is 5.86. The Morgan fingerprint density at radius 1 is 0.944 bits per heavy atom. The van der Waals surface area contributed by atoms with Gasteiger partial charge in [-0.2, -0.15) is 13.2 Å². The zero-order chi connectivity index (χ0) is 25.7. The van der Waals surface area contributed by atoms with Crippen LogP contribution in [-0.2, 0) is 17.4 Å². The third-order valence-electron chi connectivity index (χ3n) is 6.21. The number of methoxy groups -OCH3 is 2. The minimum absolute atomic E-state index is 0.0739. The van der Waals surface area contributed by atoms with Crippen LogP contribution in [0.5, 0.6) is 11.5 Å². The Morgan fingerprint density at radius 2 is 1.67 bits per heavy atom. The highest BCUT2D eigenvalue weighted by Gasteiger charge is 2.36. The molecule has 0 aliphatic rings. The number of nitrogens with one attached hydrogen (secondary N) is 2. The van der Waals surface area contributed by atoms with Crippen molar-refractivity contribution >= 4 is 16.8 Å². The van der Waals surface area contributed by atoms with E-state index in [9.17, 15) is 18.0 Å². The maximum absolute atomic E-state index is 13.9. The quantitative estimate of drug-likeness (QED) is 0.295. The average molecular weight is 497 g/mol. The molecule has 1 unspecified atom stereocenters. The zero-order valence-electron chi connectivity index (χ0n) is 20.0. The fourth-order valence-corrected chi connectivity index (χ4v) is 4.47. The van der Waals surface area contributed by atoms with Gasteiger partial charge in [-0.05, 0) is 47.4 Å². The molecule has 8 heteroatoms. The van der Waals surface area contributed by atoms with Gasteiger partial charge < -0.3 is 19.8 Å². The SMILES string of the molecule is COc1ccc(CCNC(=O)CC(c2ccccc2C(F)(F)F)c2c[nH]c3ccccc23)cc1OC. The molecule has 1 aromatic heterocycles. The molecule has 4 aromatic rings. The molecule has 1 atom stereocenters. The van der Waals surface area contributed by atoms with E-state index in [0.29, 0.717) is 30.0 Å². The van der Waals surface area contributed by atoms with Gasteiger partial charge in [0.25, 0.3) is 0 Å². The minimum Gasteiger partial charge on any atom is -0.493 e. The van der Waals surface area contributed by atoms with Crippen molar-refractivity contribution in [3.05, 3.63) is 95.2 Å². The summed E-state index contributed by atoms with van der Waals surface area (Å²) in [5, 5.41) is 3.65. The van der Waals surface area contributed by atoms with Crippen molar-refractivity contribution in [3.8, 4) is 11.5 Å². The van der Waals surface area contributed by atoms with Gasteiger partial charge in [-0.15, -0.1) is 0 Å². The molecule has 0 aliphatic heterocycles. The predicted molar refractivity (Wildman–Crippen MR) is 132 cm³/mol. The number of ether oxygens (including phenoxy) is 2. The summed E-state index contributed by atoms with van der Waals surface area (Å²) in [6.45, 7) is 0.329. The molecule has 3 aromatic carbocycles. The number of hydrogen-bond donors (Lipinski definition) is 2. The smallest absolute Gasteiger partial charge is 0.416 e. The van der Waals surface area contributed by atoms with Gasteiger partial charge in [0.15, 0.2) is 11.5 Å². The molecule has 4 rings (SSSR count). The van der Waals surface area contributed by atoms with Crippen LogP contribution in [0.1, 0.15) is 34.6 Å². The molecule has 0 radical (unpaired) electrons. The molecule has 5 nitrogen and oxygen atoms in total. The highest BCUT2D eigenvalue weighted by Crippen LogP contribution is 2.40. The van der Waals surface area contributed by atoms with Gasteiger partial charge in [0.2, 0.25) is 5.91 Å². The van der Waals surface area contributed by atoms with Crippen LogP contribution in [0.25, 0.3) is 10.9 Å². The topological polar surface area (TPSA) is 63.3 Å². The first-order valence-corrected chi connectivity index (χ1v) is 11.5. The van der Waals surface area contributed by atoms with E-state index in [-0.39, 0.29) is 17.9 Å². The van der Waals surface area contributed by atoms with Crippen molar-refractivity contribution in [1.29, 1.82) is 0 Å². The Labute approximate surface area is 207 Å². The van der Waals surface area contributed by atoms with E-state index in [1.807, 2.05) is 36.4 Å². The van der Waals surface area contributed by atoms with E-state index in [1.165, 1.54) is 12.1 Å². The summed E-state index contributed by atoms with van der Waals surface area (Å²) in [5.74, 6) is 0.0856. The van der Waals surface area contributed by atoms with Crippen molar-refractivity contribution in [1.82, 2.24) is 10.3 Å². The van der Waals surface area contributed by atoms with Gasteiger partial charge in [0.1, 0.15) is 0 Å². The number of benzene rings is 3. The van der Waals surface area contributed by atoms with Crippen LogP contribution in [0.15, 0.2) is 72.9 Å². The van der Waals surface area contributed by atoms with Gasteiger partial charge in [-0.1, -0.05) is 42.5 Å². The molecule has 2 N–H and O–H groups in total. The maximum atomic E-state index is 13.9. The molecule has 0 saturated carbocycles. The molecule has 36 heavy (non-hydrogen) atoms. The van der Waals surface area contributed by atoms with Crippen molar-refractivity contribution < 1.29 is 27.4 Å². The molecule has 1 amide bonds. The van der Waals surface area contributed by atoms with Crippen molar-refractivity contribution in [2.75, 3.05) is 20.8 Å². The Kier molecular flexibility index (Phi) is 7.52. The second-order valence-electron chi connectivity index (χ2n) is 8.42. The second kappa shape index (κ2) is 10.8. The molecule has 0 fully saturated rings. The normalized spacial score (nSPS) is 12.4. The van der Waals surface area contributed by atoms with E-state index >= 15 is 0 Å². The van der Waals surface area contributed by atoms with Crippen LogP contribution >= 0.6 is 0 Å². The summed E-state index contributed by atoms with van der Waals surface area (Å²) in [6, 6.07) is 18.3. The monoisotopic (exact) mass is 496 g/mol. The van der Waals surface area contributed by atoms with E-state index in [4.69, 9.17) is 9.47 Å². The van der Waals surface area contributed by atoms with Gasteiger partial charge in [-0.3, -0.25) is 4.79 Å². The fraction of sp³-hybridized carbons (Fsp3) is 0.250. The molecule has 0 saturated heterocycles. The number of carbonyl (C=O) groups excluding carboxylic acids is 1. The van der Waals surface area contributed by atoms with E-state index in [0.717, 1.165) is 22.5 Å². The number of aromatic amines is 1. The number of para-hydroxylation sites is 1. The number of halogens is 3. The van der Waals surface area contributed by atoms with Crippen LogP contribution in [0, 0.1) is 0 Å². The summed E-state index contributed by atoms with van der Waals surface area (Å²) in [4.78, 5) is 16.1. The molecule has 0 aliphatic carbocycles. The Morgan fingerprint density at radius 3 is 2.42 bits per heavy atom. The van der Waals surface area contributed by atoms with Crippen LogP contribution in [0.3, 0.4) is 0 Å². The largest absolute Gasteiger partial charge is 0.493 e. The van der Waals surface area contributed by atoms with Crippen molar-refractivity contribution in [2.45, 2.75) is 24.9 Å². The van der Waals surface area contributed by atoms with Gasteiger partial charge >= 0.3 is 6.18 Å². The lowest BCUT2D eigenvalue weighted by Gasteiger charge is -2.21. The average Bonchev–Trinajstić information content (AvgIpc) is 3.30. The first kappa shape index (κ1) is 25.2. The Bertz CT molecular complexity index is 1350. The molecular weight excluding hydrogens is 469 g/mol. The summed E-state index contributed by atoms with van der Waals surface area (Å²) >= 11 is 0. The zero-order valence-corrected chi connectivity index (χ0v) is 20.0. The summed E-state index contributed by atoms with van der Waals surface area (Å²) < 4.78 is 52.2. The number of fused-ring (bicyclic) bond motifs is 1. The van der Waals surface area contributed by atoms with Crippen molar-refractivity contribution in [2.24, 2.45) is 0 Å². The Hall–Kier alpha value is -3.94. The Balaban J connectivity index is 1.56. The highest BCUT2D eigenvalue weighted by atomic mass is 19.4. The second-order valence-corrected chi connectivity index (χ2v) is 8.42. The summed E-state index contributed by atoms with van der Waals surface area (Å²) in [7, 11) is 3.10. The molecule has 188 valence electrons. The summed E-state index contributed by atoms with van der Waals surface area (Å²) in [6.07, 6.45) is -2.44. The standard InChI is InChI=1S/C28H27F3N2O3/c1-35-25-12-11-18(15-26(25)36-2)13-14-32-27(34)16-21(19-7-3-5-9-23(19)28(29,30)31)22-17-33-24-10-6-4-8-20(22)24/h3-12,15,17,21,33H,13-14,16H2,1-2H3,(H,32,34). The number of aromatic nitrogens is 1. The third kappa shape index (κ3) is 5.48. The van der Waals surface area contributed by atoms with Crippen LogP contribution in [-0.4, -0.2) is 31.7 Å². The lowest BCUT2D eigenvalue weighted by Crippen LogP contribution is -2.28. The molecular formula is C28H27F3N2O3. The number of rotatable bonds is 9. The maximum Gasteiger partial charge on any atom is 0.416 e.